The third kappa shape index (κ3) is 3.20. The minimum absolute atomic E-state index is 0.578. The van der Waals surface area contributed by atoms with Crippen LogP contribution in [0, 0.1) is 5.92 Å². The molecule has 1 aliphatic carbocycles. The topological polar surface area (TPSA) is 24.9 Å². The Balaban J connectivity index is 2.02. The average Bonchev–Trinajstić information content (AvgIpc) is 2.22. The maximum atomic E-state index is 4.39. The Morgan fingerprint density at radius 2 is 2.19 bits per heavy atom. The van der Waals surface area contributed by atoms with E-state index in [1.54, 1.807) is 0 Å². The predicted octanol–water partition coefficient (Wildman–Crippen LogP) is 4.60. The number of nitrogens with one attached hydrogen (secondary N) is 1. The van der Waals surface area contributed by atoms with Crippen molar-refractivity contribution in [3.05, 3.63) is 21.2 Å². The molecule has 0 amide bonds. The van der Waals surface area contributed by atoms with Crippen molar-refractivity contribution in [3.8, 4) is 0 Å². The van der Waals surface area contributed by atoms with E-state index in [2.05, 4.69) is 49.1 Å². The largest absolute Gasteiger partial charge is 0.366 e. The molecule has 88 valence electrons. The summed E-state index contributed by atoms with van der Waals surface area (Å²) >= 11 is 6.94. The predicted molar refractivity (Wildman–Crippen MR) is 74.7 cm³/mol. The summed E-state index contributed by atoms with van der Waals surface area (Å²) in [5.41, 5.74) is 0. The number of aromatic nitrogens is 1. The van der Waals surface area contributed by atoms with Crippen LogP contribution in [0.3, 0.4) is 0 Å². The lowest BCUT2D eigenvalue weighted by Gasteiger charge is -2.28. The number of hydrogen-bond acceptors (Lipinski definition) is 2. The first-order valence-corrected chi connectivity index (χ1v) is 7.31. The van der Waals surface area contributed by atoms with Gasteiger partial charge in [-0.25, -0.2) is 4.98 Å². The Morgan fingerprint density at radius 1 is 1.38 bits per heavy atom. The van der Waals surface area contributed by atoms with Crippen LogP contribution < -0.4 is 5.32 Å². The highest BCUT2D eigenvalue weighted by Crippen LogP contribution is 2.29. The molecule has 0 aliphatic heterocycles. The SMILES string of the molecule is CC1CCCC(Nc2ncc(Br)cc2Br)C1. The van der Waals surface area contributed by atoms with Crippen molar-refractivity contribution < 1.29 is 0 Å². The highest BCUT2D eigenvalue weighted by Gasteiger charge is 2.19. The lowest BCUT2D eigenvalue weighted by Crippen LogP contribution is -2.26. The zero-order valence-electron chi connectivity index (χ0n) is 9.34. The molecular formula is C12H16Br2N2. The minimum atomic E-state index is 0.578. The molecule has 1 aromatic heterocycles. The summed E-state index contributed by atoms with van der Waals surface area (Å²) in [5, 5.41) is 3.53. The van der Waals surface area contributed by atoms with Gasteiger partial charge < -0.3 is 5.32 Å². The number of rotatable bonds is 2. The maximum Gasteiger partial charge on any atom is 0.140 e. The third-order valence-electron chi connectivity index (χ3n) is 3.09. The number of hydrogen-bond donors (Lipinski definition) is 1. The Bertz CT molecular complexity index is 368. The van der Waals surface area contributed by atoms with Gasteiger partial charge in [-0.1, -0.05) is 19.8 Å². The summed E-state index contributed by atoms with van der Waals surface area (Å²) in [4.78, 5) is 4.39. The second kappa shape index (κ2) is 5.50. The van der Waals surface area contributed by atoms with Crippen molar-refractivity contribution in [2.45, 2.75) is 38.6 Å². The van der Waals surface area contributed by atoms with Crippen LogP contribution in [0.4, 0.5) is 5.82 Å². The molecule has 0 radical (unpaired) electrons. The van der Waals surface area contributed by atoms with Crippen molar-refractivity contribution in [1.82, 2.24) is 4.98 Å². The Kier molecular flexibility index (Phi) is 4.25. The quantitative estimate of drug-likeness (QED) is 0.845. The highest BCUT2D eigenvalue weighted by atomic mass is 79.9. The summed E-state index contributed by atoms with van der Waals surface area (Å²) in [5.74, 6) is 1.79. The fraction of sp³-hybridized carbons (Fsp3) is 0.583. The molecule has 2 atom stereocenters. The van der Waals surface area contributed by atoms with Gasteiger partial charge in [-0.15, -0.1) is 0 Å². The van der Waals surface area contributed by atoms with Crippen LogP contribution in [0.15, 0.2) is 21.2 Å². The zero-order valence-corrected chi connectivity index (χ0v) is 12.5. The zero-order chi connectivity index (χ0) is 11.5. The molecule has 1 aromatic rings. The van der Waals surface area contributed by atoms with Crippen LogP contribution in [0.1, 0.15) is 32.6 Å². The Hall–Kier alpha value is -0.0900. The van der Waals surface area contributed by atoms with Crippen LogP contribution in [-0.4, -0.2) is 11.0 Å². The molecule has 0 bridgehead atoms. The van der Waals surface area contributed by atoms with E-state index in [0.717, 1.165) is 20.7 Å². The van der Waals surface area contributed by atoms with E-state index in [0.29, 0.717) is 6.04 Å². The normalized spacial score (nSPS) is 25.4. The monoisotopic (exact) mass is 346 g/mol. The summed E-state index contributed by atoms with van der Waals surface area (Å²) in [7, 11) is 0. The summed E-state index contributed by atoms with van der Waals surface area (Å²) < 4.78 is 2.03. The molecule has 1 heterocycles. The molecule has 0 saturated heterocycles. The second-order valence-electron chi connectivity index (χ2n) is 4.60. The lowest BCUT2D eigenvalue weighted by molar-refractivity contribution is 0.358. The first-order valence-electron chi connectivity index (χ1n) is 5.72. The van der Waals surface area contributed by atoms with E-state index in [4.69, 9.17) is 0 Å². The minimum Gasteiger partial charge on any atom is -0.366 e. The van der Waals surface area contributed by atoms with Crippen LogP contribution >= 0.6 is 31.9 Å². The number of halogens is 2. The van der Waals surface area contributed by atoms with E-state index in [1.807, 2.05) is 12.3 Å². The maximum absolute atomic E-state index is 4.39. The van der Waals surface area contributed by atoms with Crippen molar-refractivity contribution in [3.63, 3.8) is 0 Å². The van der Waals surface area contributed by atoms with Crippen LogP contribution in [0.5, 0.6) is 0 Å². The summed E-state index contributed by atoms with van der Waals surface area (Å²) in [6.07, 6.45) is 7.04. The second-order valence-corrected chi connectivity index (χ2v) is 6.37. The van der Waals surface area contributed by atoms with Crippen LogP contribution in [0.25, 0.3) is 0 Å². The third-order valence-corrected chi connectivity index (χ3v) is 4.12. The Morgan fingerprint density at radius 3 is 2.88 bits per heavy atom. The molecule has 1 aliphatic rings. The molecule has 2 rings (SSSR count). The first-order chi connectivity index (χ1) is 7.65. The Labute approximate surface area is 113 Å². The average molecular weight is 348 g/mol. The molecule has 16 heavy (non-hydrogen) atoms. The van der Waals surface area contributed by atoms with E-state index in [1.165, 1.54) is 25.7 Å². The fourth-order valence-electron chi connectivity index (χ4n) is 2.28. The van der Waals surface area contributed by atoms with Crippen LogP contribution in [0.2, 0.25) is 0 Å². The van der Waals surface area contributed by atoms with Gasteiger partial charge in [0.15, 0.2) is 0 Å². The molecule has 4 heteroatoms. The van der Waals surface area contributed by atoms with Crippen molar-refractivity contribution in [2.24, 2.45) is 5.92 Å². The first kappa shape index (κ1) is 12.4. The highest BCUT2D eigenvalue weighted by molar-refractivity contribution is 9.11. The molecular weight excluding hydrogens is 332 g/mol. The molecule has 1 fully saturated rings. The van der Waals surface area contributed by atoms with Crippen LogP contribution in [-0.2, 0) is 0 Å². The summed E-state index contributed by atoms with van der Waals surface area (Å²) in [6.45, 7) is 2.33. The lowest BCUT2D eigenvalue weighted by atomic mass is 9.87. The molecule has 0 aromatic carbocycles. The van der Waals surface area contributed by atoms with Gasteiger partial charge in [0.2, 0.25) is 0 Å². The van der Waals surface area contributed by atoms with Gasteiger partial charge in [-0.05, 0) is 56.7 Å². The van der Waals surface area contributed by atoms with Gasteiger partial charge in [0, 0.05) is 16.7 Å². The smallest absolute Gasteiger partial charge is 0.140 e. The van der Waals surface area contributed by atoms with Crippen molar-refractivity contribution >= 4 is 37.7 Å². The van der Waals surface area contributed by atoms with Crippen molar-refractivity contribution in [2.75, 3.05) is 5.32 Å². The van der Waals surface area contributed by atoms with E-state index in [-0.39, 0.29) is 0 Å². The van der Waals surface area contributed by atoms with Gasteiger partial charge >= 0.3 is 0 Å². The molecule has 0 spiro atoms. The molecule has 1 N–H and O–H groups in total. The number of anilines is 1. The van der Waals surface area contributed by atoms with E-state index < -0.39 is 0 Å². The molecule has 2 unspecified atom stereocenters. The standard InChI is InChI=1S/C12H16Br2N2/c1-8-3-2-4-10(5-8)16-12-11(14)6-9(13)7-15-12/h6-8,10H,2-5H2,1H3,(H,15,16). The van der Waals surface area contributed by atoms with E-state index in [9.17, 15) is 0 Å². The molecule has 1 saturated carbocycles. The van der Waals surface area contributed by atoms with Gasteiger partial charge in [-0.2, -0.15) is 0 Å². The fourth-order valence-corrected chi connectivity index (χ4v) is 3.38. The van der Waals surface area contributed by atoms with Gasteiger partial charge in [0.25, 0.3) is 0 Å². The van der Waals surface area contributed by atoms with E-state index >= 15 is 0 Å². The van der Waals surface area contributed by atoms with Crippen molar-refractivity contribution in [1.29, 1.82) is 0 Å². The summed E-state index contributed by atoms with van der Waals surface area (Å²) in [6, 6.07) is 2.61. The van der Waals surface area contributed by atoms with Gasteiger partial charge in [0.05, 0.1) is 4.47 Å². The van der Waals surface area contributed by atoms with Gasteiger partial charge in [0.1, 0.15) is 5.82 Å². The van der Waals surface area contributed by atoms with Gasteiger partial charge in [-0.3, -0.25) is 0 Å². The molecule has 2 nitrogen and oxygen atoms in total. The number of nitrogens with zero attached hydrogens (tertiary/aromatic N) is 1. The number of pyridine rings is 1.